The maximum atomic E-state index is 12.6. The lowest BCUT2D eigenvalue weighted by Crippen LogP contribution is -2.45. The summed E-state index contributed by atoms with van der Waals surface area (Å²) in [7, 11) is 0. The fraction of sp³-hybridized carbons (Fsp3) is 0.500. The number of nitro benzene ring substituents is 1. The van der Waals surface area contributed by atoms with Crippen LogP contribution < -0.4 is 0 Å². The molecule has 1 aromatic rings. The summed E-state index contributed by atoms with van der Waals surface area (Å²) in [5.41, 5.74) is -0.0532. The van der Waals surface area contributed by atoms with Crippen molar-refractivity contribution in [2.45, 2.75) is 32.2 Å². The van der Waals surface area contributed by atoms with E-state index in [2.05, 4.69) is 0 Å². The summed E-state index contributed by atoms with van der Waals surface area (Å²) in [4.78, 5) is 24.5. The van der Waals surface area contributed by atoms with Gasteiger partial charge in [0.25, 0.3) is 11.6 Å². The van der Waals surface area contributed by atoms with Crippen molar-refractivity contribution in [3.63, 3.8) is 0 Å². The van der Waals surface area contributed by atoms with Gasteiger partial charge in [-0.3, -0.25) is 14.9 Å². The standard InChI is InChI=1S/C14H18N2O5/c1-9-6-11(12(16(20)21)7-13(9)18)14(19)15-5-3-2-4-10(15)8-17/h6-7,10,17-18H,2-5,8H2,1H3/t10-/m0/s1. The van der Waals surface area contributed by atoms with Crippen LogP contribution in [0.4, 0.5) is 5.69 Å². The third-order valence-electron chi connectivity index (χ3n) is 3.84. The van der Waals surface area contributed by atoms with Crippen LogP contribution in [0.25, 0.3) is 0 Å². The minimum absolute atomic E-state index is 0.0457. The fourth-order valence-corrected chi connectivity index (χ4v) is 2.62. The first-order chi connectivity index (χ1) is 9.95. The smallest absolute Gasteiger partial charge is 0.285 e. The molecule has 1 heterocycles. The van der Waals surface area contributed by atoms with Gasteiger partial charge in [0.1, 0.15) is 11.3 Å². The Morgan fingerprint density at radius 1 is 1.48 bits per heavy atom. The molecule has 0 saturated carbocycles. The van der Waals surface area contributed by atoms with E-state index < -0.39 is 16.5 Å². The van der Waals surface area contributed by atoms with Crippen molar-refractivity contribution >= 4 is 11.6 Å². The van der Waals surface area contributed by atoms with Gasteiger partial charge in [-0.15, -0.1) is 0 Å². The topological polar surface area (TPSA) is 104 Å². The fourth-order valence-electron chi connectivity index (χ4n) is 2.62. The lowest BCUT2D eigenvalue weighted by molar-refractivity contribution is -0.385. The van der Waals surface area contributed by atoms with E-state index in [0.29, 0.717) is 18.5 Å². The highest BCUT2D eigenvalue weighted by Gasteiger charge is 2.31. The molecule has 1 saturated heterocycles. The Morgan fingerprint density at radius 3 is 2.81 bits per heavy atom. The van der Waals surface area contributed by atoms with Gasteiger partial charge in [0.2, 0.25) is 0 Å². The number of aliphatic hydroxyl groups is 1. The van der Waals surface area contributed by atoms with Crippen LogP contribution in [0.2, 0.25) is 0 Å². The highest BCUT2D eigenvalue weighted by molar-refractivity contribution is 5.99. The third kappa shape index (κ3) is 2.97. The van der Waals surface area contributed by atoms with Crippen LogP contribution >= 0.6 is 0 Å². The highest BCUT2D eigenvalue weighted by atomic mass is 16.6. The normalized spacial score (nSPS) is 18.6. The number of amides is 1. The van der Waals surface area contributed by atoms with Crippen LogP contribution in [-0.2, 0) is 0 Å². The molecule has 0 unspecified atom stereocenters. The Balaban J connectivity index is 2.42. The van der Waals surface area contributed by atoms with Crippen molar-refractivity contribution in [1.29, 1.82) is 0 Å². The van der Waals surface area contributed by atoms with Gasteiger partial charge in [0, 0.05) is 6.54 Å². The minimum atomic E-state index is -0.676. The molecule has 0 radical (unpaired) electrons. The highest BCUT2D eigenvalue weighted by Crippen LogP contribution is 2.30. The van der Waals surface area contributed by atoms with Gasteiger partial charge in [0.15, 0.2) is 0 Å². The molecule has 7 nitrogen and oxygen atoms in total. The molecule has 21 heavy (non-hydrogen) atoms. The number of piperidine rings is 1. The molecule has 1 atom stereocenters. The van der Waals surface area contributed by atoms with Crippen molar-refractivity contribution in [3.05, 3.63) is 33.4 Å². The average molecular weight is 294 g/mol. The average Bonchev–Trinajstić information content (AvgIpc) is 2.48. The summed E-state index contributed by atoms with van der Waals surface area (Å²) in [6, 6.07) is 2.03. The number of nitro groups is 1. The maximum absolute atomic E-state index is 12.6. The van der Waals surface area contributed by atoms with Crippen LogP contribution in [0, 0.1) is 17.0 Å². The first kappa shape index (κ1) is 15.2. The van der Waals surface area contributed by atoms with Crippen LogP contribution in [0.5, 0.6) is 5.75 Å². The predicted octanol–water partition coefficient (Wildman–Crippen LogP) is 1.60. The van der Waals surface area contributed by atoms with E-state index in [1.54, 1.807) is 6.92 Å². The Labute approximate surface area is 122 Å². The van der Waals surface area contributed by atoms with E-state index in [1.807, 2.05) is 0 Å². The van der Waals surface area contributed by atoms with Gasteiger partial charge in [-0.2, -0.15) is 0 Å². The van der Waals surface area contributed by atoms with Crippen LogP contribution in [0.3, 0.4) is 0 Å². The molecule has 2 N–H and O–H groups in total. The number of carbonyl (C=O) groups excluding carboxylic acids is 1. The van der Waals surface area contributed by atoms with Gasteiger partial charge in [-0.1, -0.05) is 0 Å². The second kappa shape index (κ2) is 6.09. The van der Waals surface area contributed by atoms with Crippen molar-refractivity contribution in [1.82, 2.24) is 4.90 Å². The van der Waals surface area contributed by atoms with Crippen LogP contribution in [0.1, 0.15) is 35.2 Å². The lowest BCUT2D eigenvalue weighted by Gasteiger charge is -2.34. The van der Waals surface area contributed by atoms with E-state index in [-0.39, 0.29) is 24.0 Å². The number of carbonyl (C=O) groups is 1. The molecule has 2 rings (SSSR count). The quantitative estimate of drug-likeness (QED) is 0.651. The predicted molar refractivity (Wildman–Crippen MR) is 75.3 cm³/mol. The molecule has 114 valence electrons. The summed E-state index contributed by atoms with van der Waals surface area (Å²) in [5, 5.41) is 30.1. The van der Waals surface area contributed by atoms with Crippen LogP contribution in [0.15, 0.2) is 12.1 Å². The van der Waals surface area contributed by atoms with Crippen molar-refractivity contribution in [3.8, 4) is 5.75 Å². The first-order valence-corrected chi connectivity index (χ1v) is 6.85. The van der Waals surface area contributed by atoms with Gasteiger partial charge in [-0.25, -0.2) is 0 Å². The number of phenolic OH excluding ortho intramolecular Hbond substituents is 1. The Kier molecular flexibility index (Phi) is 4.42. The van der Waals surface area contributed by atoms with Gasteiger partial charge in [-0.05, 0) is 37.8 Å². The number of aryl methyl sites for hydroxylation is 1. The largest absolute Gasteiger partial charge is 0.507 e. The Bertz CT molecular complexity index is 573. The third-order valence-corrected chi connectivity index (χ3v) is 3.84. The van der Waals surface area contributed by atoms with E-state index in [1.165, 1.54) is 11.0 Å². The van der Waals surface area contributed by atoms with Crippen molar-refractivity contribution in [2.24, 2.45) is 0 Å². The summed E-state index contributed by atoms with van der Waals surface area (Å²) >= 11 is 0. The molecular formula is C14H18N2O5. The number of phenols is 1. The number of rotatable bonds is 3. The molecule has 0 aliphatic carbocycles. The molecule has 7 heteroatoms. The molecule has 0 bridgehead atoms. The number of aromatic hydroxyl groups is 1. The molecule has 0 spiro atoms. The van der Waals surface area contributed by atoms with Crippen LogP contribution in [-0.4, -0.2) is 45.1 Å². The van der Waals surface area contributed by atoms with E-state index in [0.717, 1.165) is 18.9 Å². The number of likely N-dealkylation sites (tertiary alicyclic amines) is 1. The first-order valence-electron chi connectivity index (χ1n) is 6.85. The summed E-state index contributed by atoms with van der Waals surface area (Å²) in [5.74, 6) is -0.681. The van der Waals surface area contributed by atoms with Crippen molar-refractivity contribution < 1.29 is 19.9 Å². The van der Waals surface area contributed by atoms with Gasteiger partial charge >= 0.3 is 0 Å². The zero-order valence-corrected chi connectivity index (χ0v) is 11.8. The van der Waals surface area contributed by atoms with E-state index in [9.17, 15) is 25.1 Å². The zero-order valence-electron chi connectivity index (χ0n) is 11.8. The van der Waals surface area contributed by atoms with E-state index in [4.69, 9.17) is 0 Å². The summed E-state index contributed by atoms with van der Waals surface area (Å²) < 4.78 is 0. The van der Waals surface area contributed by atoms with Gasteiger partial charge < -0.3 is 15.1 Å². The number of nitrogens with zero attached hydrogens (tertiary/aromatic N) is 2. The minimum Gasteiger partial charge on any atom is -0.507 e. The number of aliphatic hydroxyl groups excluding tert-OH is 1. The number of hydrogen-bond acceptors (Lipinski definition) is 5. The monoisotopic (exact) mass is 294 g/mol. The van der Waals surface area contributed by atoms with Gasteiger partial charge in [0.05, 0.1) is 23.6 Å². The lowest BCUT2D eigenvalue weighted by atomic mass is 10.00. The molecule has 1 aliphatic rings. The second-order valence-electron chi connectivity index (χ2n) is 5.24. The summed E-state index contributed by atoms with van der Waals surface area (Å²) in [6.07, 6.45) is 2.42. The zero-order chi connectivity index (χ0) is 15.6. The second-order valence-corrected chi connectivity index (χ2v) is 5.24. The number of hydrogen-bond donors (Lipinski definition) is 2. The Hall–Kier alpha value is -2.15. The number of benzene rings is 1. The maximum Gasteiger partial charge on any atom is 0.285 e. The SMILES string of the molecule is Cc1cc(C(=O)N2CCCC[C@H]2CO)c([N+](=O)[O-])cc1O. The van der Waals surface area contributed by atoms with E-state index >= 15 is 0 Å². The molecule has 0 aromatic heterocycles. The Morgan fingerprint density at radius 2 is 2.19 bits per heavy atom. The van der Waals surface area contributed by atoms with Crippen molar-refractivity contribution in [2.75, 3.05) is 13.2 Å². The summed E-state index contributed by atoms with van der Waals surface area (Å²) in [6.45, 7) is 1.90. The molecule has 1 fully saturated rings. The molecular weight excluding hydrogens is 276 g/mol. The molecule has 1 aromatic carbocycles. The molecule has 1 amide bonds. The molecule has 1 aliphatic heterocycles.